The third-order valence-corrected chi connectivity index (χ3v) is 5.14. The quantitative estimate of drug-likeness (QED) is 0.519. The summed E-state index contributed by atoms with van der Waals surface area (Å²) in [6, 6.07) is 14.0. The lowest BCUT2D eigenvalue weighted by atomic mass is 10.0. The van der Waals surface area contributed by atoms with Crippen LogP contribution in [0.2, 0.25) is 10.0 Å². The number of ether oxygens (including phenoxy) is 1. The molecule has 5 nitrogen and oxygen atoms in total. The van der Waals surface area contributed by atoms with Crippen molar-refractivity contribution < 1.29 is 14.3 Å². The molecule has 0 saturated heterocycles. The summed E-state index contributed by atoms with van der Waals surface area (Å²) < 4.78 is 6.34. The van der Waals surface area contributed by atoms with Gasteiger partial charge in [-0.05, 0) is 47.2 Å². The van der Waals surface area contributed by atoms with Crippen LogP contribution in [-0.2, 0) is 11.2 Å². The minimum atomic E-state index is -0.538. The van der Waals surface area contributed by atoms with Crippen molar-refractivity contribution in [3.05, 3.63) is 74.2 Å². The zero-order valence-corrected chi connectivity index (χ0v) is 17.8. The number of carbonyl (C=O) groups is 2. The summed E-state index contributed by atoms with van der Waals surface area (Å²) in [5, 5.41) is 2.47. The molecular formula is C20H15BrCl2N2O3. The Morgan fingerprint density at radius 1 is 1.04 bits per heavy atom. The molecule has 0 aromatic heterocycles. The maximum Gasteiger partial charge on any atom is 0.271 e. The van der Waals surface area contributed by atoms with Crippen molar-refractivity contribution in [1.82, 2.24) is 10.9 Å². The Kier molecular flexibility index (Phi) is 6.44. The van der Waals surface area contributed by atoms with Crippen LogP contribution < -0.4 is 15.6 Å². The molecule has 3 rings (SSSR count). The summed E-state index contributed by atoms with van der Waals surface area (Å²) in [5.41, 5.74) is 5.70. The molecule has 0 saturated carbocycles. The lowest BCUT2D eigenvalue weighted by Crippen LogP contribution is -2.42. The predicted molar refractivity (Wildman–Crippen MR) is 114 cm³/mol. The molecule has 3 aromatic rings. The van der Waals surface area contributed by atoms with Gasteiger partial charge in [0.2, 0.25) is 5.91 Å². The average Bonchev–Trinajstić information content (AvgIpc) is 2.66. The fourth-order valence-electron chi connectivity index (χ4n) is 2.79. The number of hydrogen-bond acceptors (Lipinski definition) is 3. The molecule has 28 heavy (non-hydrogen) atoms. The molecule has 0 aliphatic heterocycles. The monoisotopic (exact) mass is 480 g/mol. The number of benzene rings is 3. The molecule has 0 unspecified atom stereocenters. The Morgan fingerprint density at radius 3 is 2.54 bits per heavy atom. The molecule has 8 heteroatoms. The Morgan fingerprint density at radius 2 is 1.82 bits per heavy atom. The summed E-state index contributed by atoms with van der Waals surface area (Å²) in [4.78, 5) is 24.6. The molecule has 0 radical (unpaired) electrons. The molecule has 0 atom stereocenters. The Hall–Kier alpha value is -2.28. The van der Waals surface area contributed by atoms with Gasteiger partial charge in [0.15, 0.2) is 0 Å². The second-order valence-electron chi connectivity index (χ2n) is 5.92. The highest BCUT2D eigenvalue weighted by atomic mass is 79.9. The van der Waals surface area contributed by atoms with E-state index in [1.807, 2.05) is 30.3 Å². The number of carbonyl (C=O) groups excluding carboxylic acids is 2. The lowest BCUT2D eigenvalue weighted by molar-refractivity contribution is -0.121. The van der Waals surface area contributed by atoms with Crippen LogP contribution in [-0.4, -0.2) is 18.9 Å². The molecule has 2 N–H and O–H groups in total. The fourth-order valence-corrected chi connectivity index (χ4v) is 3.66. The number of hydrazine groups is 1. The minimum absolute atomic E-state index is 0.0246. The van der Waals surface area contributed by atoms with E-state index in [1.165, 1.54) is 12.1 Å². The van der Waals surface area contributed by atoms with Crippen LogP contribution >= 0.6 is 39.1 Å². The van der Waals surface area contributed by atoms with Crippen LogP contribution in [0.3, 0.4) is 0 Å². The van der Waals surface area contributed by atoms with Crippen molar-refractivity contribution in [2.24, 2.45) is 0 Å². The molecule has 0 aliphatic rings. The second-order valence-corrected chi connectivity index (χ2v) is 7.67. The molecule has 0 aliphatic carbocycles. The van der Waals surface area contributed by atoms with Crippen molar-refractivity contribution in [2.45, 2.75) is 6.42 Å². The van der Waals surface area contributed by atoms with Crippen molar-refractivity contribution in [2.75, 3.05) is 7.11 Å². The molecule has 2 amide bonds. The number of fused-ring (bicyclic) bond motifs is 1. The first-order valence-corrected chi connectivity index (χ1v) is 9.73. The summed E-state index contributed by atoms with van der Waals surface area (Å²) in [6.07, 6.45) is 0.0246. The van der Waals surface area contributed by atoms with Gasteiger partial charge in [0.25, 0.3) is 5.91 Å². The first-order chi connectivity index (χ1) is 13.4. The maximum absolute atomic E-state index is 12.4. The third kappa shape index (κ3) is 4.58. The van der Waals surface area contributed by atoms with E-state index in [4.69, 9.17) is 27.9 Å². The van der Waals surface area contributed by atoms with Gasteiger partial charge in [0.05, 0.1) is 24.1 Å². The normalized spacial score (nSPS) is 10.6. The highest BCUT2D eigenvalue weighted by Gasteiger charge is 2.15. The molecule has 3 aromatic carbocycles. The van der Waals surface area contributed by atoms with Gasteiger partial charge in [-0.3, -0.25) is 20.4 Å². The Balaban J connectivity index is 1.75. The maximum atomic E-state index is 12.4. The zero-order chi connectivity index (χ0) is 20.3. The summed E-state index contributed by atoms with van der Waals surface area (Å²) in [7, 11) is 1.55. The van der Waals surface area contributed by atoms with Gasteiger partial charge in [-0.25, -0.2) is 0 Å². The van der Waals surface area contributed by atoms with E-state index in [9.17, 15) is 9.59 Å². The first kappa shape index (κ1) is 20.5. The van der Waals surface area contributed by atoms with Crippen LogP contribution in [0.25, 0.3) is 10.8 Å². The topological polar surface area (TPSA) is 67.4 Å². The van der Waals surface area contributed by atoms with Crippen LogP contribution in [0.4, 0.5) is 0 Å². The number of rotatable bonds is 4. The fraction of sp³-hybridized carbons (Fsp3) is 0.100. The second kappa shape index (κ2) is 8.82. The van der Waals surface area contributed by atoms with Crippen molar-refractivity contribution >= 4 is 61.7 Å². The third-order valence-electron chi connectivity index (χ3n) is 4.10. The summed E-state index contributed by atoms with van der Waals surface area (Å²) in [6.45, 7) is 0. The molecule has 0 bridgehead atoms. The Labute approximate surface area is 180 Å². The van der Waals surface area contributed by atoms with Crippen LogP contribution in [0.5, 0.6) is 5.75 Å². The van der Waals surface area contributed by atoms with Gasteiger partial charge in [0, 0.05) is 15.1 Å². The SMILES string of the molecule is COc1ccc2cc(Br)ccc2c1CC(=O)NNC(=O)c1ccc(Cl)cc1Cl. The van der Waals surface area contributed by atoms with E-state index >= 15 is 0 Å². The molecule has 0 fully saturated rings. The van der Waals surface area contributed by atoms with E-state index in [-0.39, 0.29) is 17.0 Å². The smallest absolute Gasteiger partial charge is 0.271 e. The van der Waals surface area contributed by atoms with E-state index in [1.54, 1.807) is 13.2 Å². The largest absolute Gasteiger partial charge is 0.496 e. The van der Waals surface area contributed by atoms with Crippen molar-refractivity contribution in [3.8, 4) is 5.75 Å². The average molecular weight is 482 g/mol. The standard InChI is InChI=1S/C20H15BrCl2N2O3/c1-28-18-7-2-11-8-12(21)3-5-14(11)16(18)10-19(26)24-25-20(27)15-6-4-13(22)9-17(15)23/h2-9H,10H2,1H3,(H,24,26)(H,25,27). The predicted octanol–water partition coefficient (Wildman–Crippen LogP) is 4.92. The number of nitrogens with one attached hydrogen (secondary N) is 2. The number of amides is 2. The van der Waals surface area contributed by atoms with Gasteiger partial charge < -0.3 is 4.74 Å². The van der Waals surface area contributed by atoms with Gasteiger partial charge in [-0.1, -0.05) is 51.3 Å². The van der Waals surface area contributed by atoms with Gasteiger partial charge in [0.1, 0.15) is 5.75 Å². The molecule has 0 heterocycles. The lowest BCUT2D eigenvalue weighted by Gasteiger charge is -2.13. The van der Waals surface area contributed by atoms with E-state index in [0.29, 0.717) is 10.8 Å². The minimum Gasteiger partial charge on any atom is -0.496 e. The van der Waals surface area contributed by atoms with E-state index in [0.717, 1.165) is 20.8 Å². The van der Waals surface area contributed by atoms with Gasteiger partial charge in [-0.2, -0.15) is 0 Å². The molecular weight excluding hydrogens is 467 g/mol. The number of hydrogen-bond donors (Lipinski definition) is 2. The highest BCUT2D eigenvalue weighted by Crippen LogP contribution is 2.30. The van der Waals surface area contributed by atoms with E-state index in [2.05, 4.69) is 26.8 Å². The Bertz CT molecular complexity index is 1070. The van der Waals surface area contributed by atoms with Gasteiger partial charge in [-0.15, -0.1) is 0 Å². The molecule has 0 spiro atoms. The van der Waals surface area contributed by atoms with Crippen molar-refractivity contribution in [3.63, 3.8) is 0 Å². The number of halogens is 3. The van der Waals surface area contributed by atoms with Crippen LogP contribution in [0, 0.1) is 0 Å². The van der Waals surface area contributed by atoms with Crippen molar-refractivity contribution in [1.29, 1.82) is 0 Å². The summed E-state index contributed by atoms with van der Waals surface area (Å²) in [5.74, 6) is -0.340. The highest BCUT2D eigenvalue weighted by molar-refractivity contribution is 9.10. The van der Waals surface area contributed by atoms with E-state index < -0.39 is 11.8 Å². The summed E-state index contributed by atoms with van der Waals surface area (Å²) >= 11 is 15.3. The van der Waals surface area contributed by atoms with Crippen LogP contribution in [0.1, 0.15) is 15.9 Å². The number of methoxy groups -OCH3 is 1. The first-order valence-electron chi connectivity index (χ1n) is 8.18. The zero-order valence-electron chi connectivity index (χ0n) is 14.7. The van der Waals surface area contributed by atoms with Gasteiger partial charge >= 0.3 is 0 Å². The van der Waals surface area contributed by atoms with Crippen LogP contribution in [0.15, 0.2) is 53.0 Å². The molecule has 144 valence electrons.